The number of methoxy groups -OCH3 is 1. The number of halogens is 1. The summed E-state index contributed by atoms with van der Waals surface area (Å²) in [6.07, 6.45) is 10.4. The number of nitrogens with zero attached hydrogens (tertiary/aromatic N) is 2. The molecule has 9 nitrogen and oxygen atoms in total. The zero-order valence-electron chi connectivity index (χ0n) is 27.5. The van der Waals surface area contributed by atoms with E-state index in [1.165, 1.54) is 11.1 Å². The zero-order valence-corrected chi connectivity index (χ0v) is 29.0. The van der Waals surface area contributed by atoms with Crippen LogP contribution in [0.5, 0.6) is 5.75 Å². The minimum atomic E-state index is -2.02. The van der Waals surface area contributed by atoms with E-state index in [4.69, 9.17) is 21.1 Å². The van der Waals surface area contributed by atoms with Gasteiger partial charge in [-0.05, 0) is 115 Å². The van der Waals surface area contributed by atoms with Crippen molar-refractivity contribution in [1.82, 2.24) is 10.6 Å². The van der Waals surface area contributed by atoms with Crippen molar-refractivity contribution >= 4 is 39.8 Å². The number of ether oxygens (including phenoxy) is 2. The number of carbonyl (C=O) groups excluding carboxylic acids is 2. The van der Waals surface area contributed by atoms with Gasteiger partial charge >= 0.3 is 6.03 Å². The highest BCUT2D eigenvalue weighted by atomic mass is 35.5. The number of nitrogens with one attached hydrogen (secondary N) is 2. The van der Waals surface area contributed by atoms with E-state index in [2.05, 4.69) is 51.1 Å². The van der Waals surface area contributed by atoms with Crippen molar-refractivity contribution in [3.8, 4) is 5.75 Å². The van der Waals surface area contributed by atoms with Gasteiger partial charge in [0.15, 0.2) is 0 Å². The summed E-state index contributed by atoms with van der Waals surface area (Å²) < 4.78 is 30.2. The van der Waals surface area contributed by atoms with Crippen LogP contribution < -0.4 is 20.3 Å². The summed E-state index contributed by atoms with van der Waals surface area (Å²) in [5, 5.41) is 5.69. The Hall–Kier alpha value is -3.08. The van der Waals surface area contributed by atoms with Crippen LogP contribution in [-0.4, -0.2) is 49.7 Å². The van der Waals surface area contributed by atoms with Crippen molar-refractivity contribution in [1.29, 1.82) is 0 Å². The predicted molar refractivity (Wildman–Crippen MR) is 185 cm³/mol. The Morgan fingerprint density at radius 2 is 1.91 bits per heavy atom. The number of carbonyl (C=O) groups is 2. The third kappa shape index (κ3) is 8.15. The molecule has 0 spiro atoms. The predicted octanol–water partition coefficient (Wildman–Crippen LogP) is 7.02. The average molecular weight is 682 g/mol. The van der Waals surface area contributed by atoms with E-state index in [0.29, 0.717) is 48.6 Å². The van der Waals surface area contributed by atoms with Crippen molar-refractivity contribution in [2.24, 2.45) is 28.0 Å². The number of hydrogen-bond acceptors (Lipinski definition) is 7. The lowest BCUT2D eigenvalue weighted by atomic mass is 9.70. The Morgan fingerprint density at radius 3 is 2.66 bits per heavy atom. The SMILES string of the molecule is CO[C@H]1/C=C/C[C@H](C)C(NC(=O)N[C@H]2C[C@H]2C)[S-](=O)=NC(=O)c2ccc3c(c2)N(Cc2ccc(Cl)cc2CCCCO3)C[C@@H]2CC[C@H]21. The molecule has 254 valence electrons. The monoisotopic (exact) mass is 681 g/mol. The van der Waals surface area contributed by atoms with Crippen molar-refractivity contribution in [3.05, 3.63) is 70.3 Å². The Balaban J connectivity index is 1.40. The summed E-state index contributed by atoms with van der Waals surface area (Å²) in [6.45, 7) is 5.92. The third-order valence-electron chi connectivity index (χ3n) is 10.2. The lowest BCUT2D eigenvalue weighted by molar-refractivity contribution is 0.0133. The quantitative estimate of drug-likeness (QED) is 0.266. The molecule has 2 saturated carbocycles. The lowest BCUT2D eigenvalue weighted by Crippen LogP contribution is -2.46. The smallest absolute Gasteiger partial charge is 0.313 e. The van der Waals surface area contributed by atoms with Gasteiger partial charge in [-0.2, -0.15) is 10.6 Å². The number of allylic oxidation sites excluding steroid dienone is 1. The molecule has 2 aliphatic heterocycles. The van der Waals surface area contributed by atoms with Crippen LogP contribution in [0.4, 0.5) is 10.5 Å². The summed E-state index contributed by atoms with van der Waals surface area (Å²) in [4.78, 5) is 28.8. The van der Waals surface area contributed by atoms with E-state index in [9.17, 15) is 13.8 Å². The van der Waals surface area contributed by atoms with E-state index in [-0.39, 0.29) is 18.1 Å². The van der Waals surface area contributed by atoms with E-state index in [0.717, 1.165) is 55.8 Å². The van der Waals surface area contributed by atoms with Gasteiger partial charge in [0.25, 0.3) is 5.91 Å². The van der Waals surface area contributed by atoms with Crippen LogP contribution in [0.2, 0.25) is 5.02 Å². The molecule has 2 fully saturated rings. The third-order valence-corrected chi connectivity index (χ3v) is 11.8. The molecule has 4 aliphatic rings. The maximum Gasteiger partial charge on any atom is 0.313 e. The Kier molecular flexibility index (Phi) is 10.8. The maximum absolute atomic E-state index is 13.7. The van der Waals surface area contributed by atoms with Crippen molar-refractivity contribution < 1.29 is 23.3 Å². The number of aryl methyl sites for hydroxylation is 1. The van der Waals surface area contributed by atoms with E-state index in [1.54, 1.807) is 13.2 Å². The summed E-state index contributed by atoms with van der Waals surface area (Å²) >= 11 is 6.44. The Morgan fingerprint density at radius 1 is 1.09 bits per heavy atom. The highest BCUT2D eigenvalue weighted by Crippen LogP contribution is 2.42. The van der Waals surface area contributed by atoms with E-state index < -0.39 is 27.9 Å². The van der Waals surface area contributed by atoms with E-state index in [1.807, 2.05) is 25.1 Å². The molecular formula is C36H46ClN4O5S-. The summed E-state index contributed by atoms with van der Waals surface area (Å²) in [6, 6.07) is 11.2. The molecule has 0 radical (unpaired) electrons. The number of anilines is 1. The highest BCUT2D eigenvalue weighted by molar-refractivity contribution is 7.75. The molecule has 2 aromatic carbocycles. The first-order chi connectivity index (χ1) is 22.7. The molecule has 2 N–H and O–H groups in total. The van der Waals surface area contributed by atoms with Crippen molar-refractivity contribution in [2.75, 3.05) is 25.2 Å². The highest BCUT2D eigenvalue weighted by Gasteiger charge is 2.38. The van der Waals surface area contributed by atoms with Crippen LogP contribution in [0.25, 0.3) is 0 Å². The Labute approximate surface area is 285 Å². The lowest BCUT2D eigenvalue weighted by Gasteiger charge is -2.43. The van der Waals surface area contributed by atoms with Crippen LogP contribution in [0.1, 0.15) is 73.9 Å². The second-order valence-corrected chi connectivity index (χ2v) is 15.3. The fourth-order valence-electron chi connectivity index (χ4n) is 6.98. The zero-order chi connectivity index (χ0) is 33.1. The van der Waals surface area contributed by atoms with Gasteiger partial charge in [-0.3, -0.25) is 4.79 Å². The topological polar surface area (TPSA) is 109 Å². The molecule has 0 saturated heterocycles. The second kappa shape index (κ2) is 15.0. The molecule has 47 heavy (non-hydrogen) atoms. The molecule has 6 rings (SSSR count). The number of hydrogen-bond donors (Lipinski definition) is 2. The van der Waals surface area contributed by atoms with Crippen molar-refractivity contribution in [2.45, 2.75) is 82.9 Å². The molecule has 7 atom stereocenters. The van der Waals surface area contributed by atoms with Gasteiger partial charge in [0.05, 0.1) is 18.4 Å². The van der Waals surface area contributed by atoms with Gasteiger partial charge in [-0.1, -0.05) is 43.7 Å². The fraction of sp³-hybridized carbons (Fsp3) is 0.556. The average Bonchev–Trinajstić information content (AvgIpc) is 3.74. The number of rotatable bonds is 3. The Bertz CT molecular complexity index is 1590. The van der Waals surface area contributed by atoms with Crippen LogP contribution in [0, 0.1) is 23.7 Å². The number of amides is 3. The largest absolute Gasteiger partial charge is 0.491 e. The number of benzene rings is 2. The van der Waals surface area contributed by atoms with Crippen molar-refractivity contribution in [3.63, 3.8) is 0 Å². The normalized spacial score (nSPS) is 30.6. The van der Waals surface area contributed by atoms with Crippen LogP contribution in [-0.2, 0) is 32.5 Å². The first-order valence-corrected chi connectivity index (χ1v) is 18.5. The van der Waals surface area contributed by atoms with Gasteiger partial charge in [-0.25, -0.2) is 4.79 Å². The molecule has 11 heteroatoms. The summed E-state index contributed by atoms with van der Waals surface area (Å²) in [7, 11) is -0.271. The molecule has 1 unspecified atom stereocenters. The molecule has 2 heterocycles. The first kappa shape index (κ1) is 33.8. The molecule has 3 amide bonds. The van der Waals surface area contributed by atoms with Gasteiger partial charge in [-0.15, -0.1) is 0 Å². The maximum atomic E-state index is 13.7. The van der Waals surface area contributed by atoms with Crippen LogP contribution >= 0.6 is 11.6 Å². The molecule has 2 aromatic rings. The van der Waals surface area contributed by atoms with Crippen LogP contribution in [0.3, 0.4) is 0 Å². The molecule has 2 bridgehead atoms. The minimum absolute atomic E-state index is 0.0752. The fourth-order valence-corrected chi connectivity index (χ4v) is 8.28. The second-order valence-electron chi connectivity index (χ2n) is 13.7. The van der Waals surface area contributed by atoms with Gasteiger partial charge in [0.1, 0.15) is 5.75 Å². The number of fused-ring (bicyclic) bond motifs is 3. The standard InChI is InChI=1S/C36H46ClN4O5S/c1-22-7-6-9-32(45-3)29-14-11-27(29)21-41-20-26-10-13-28(37)18-24(26)8-4-5-16-46-33-15-12-25(19-31(33)41)34(42)40-47(44)35(22)39-36(43)38-30-17-23(30)2/h6,9-10,12-13,15,18-19,22-23,27,29-30,32,35H,4-5,7-8,11,14,16-17,20-21H2,1-3H3,(H2,38,39,43)/q-1/b9-6+/t22-,23+,27-,29+,30-,32-,35?/m0/s1. The number of urea groups is 1. The van der Waals surface area contributed by atoms with E-state index >= 15 is 0 Å². The molecule has 2 aliphatic carbocycles. The minimum Gasteiger partial charge on any atom is -0.491 e. The molecule has 0 aromatic heterocycles. The van der Waals surface area contributed by atoms with Gasteiger partial charge in [0.2, 0.25) is 0 Å². The van der Waals surface area contributed by atoms with Crippen LogP contribution in [0.15, 0.2) is 52.9 Å². The summed E-state index contributed by atoms with van der Waals surface area (Å²) in [5.74, 6) is 0.967. The first-order valence-electron chi connectivity index (χ1n) is 16.9. The molecular weight excluding hydrogens is 636 g/mol. The van der Waals surface area contributed by atoms with Gasteiger partial charge < -0.3 is 33.6 Å². The van der Waals surface area contributed by atoms with Gasteiger partial charge in [0, 0.05) is 36.8 Å². The summed E-state index contributed by atoms with van der Waals surface area (Å²) in [5.41, 5.74) is 3.55.